The quantitative estimate of drug-likeness (QED) is 0.321. The van der Waals surface area contributed by atoms with Crippen molar-refractivity contribution < 1.29 is 31.4 Å². The summed E-state index contributed by atoms with van der Waals surface area (Å²) in [6.07, 6.45) is -11.7. The Balaban J connectivity index is -0.000000665. The molecule has 0 amide bonds. The smallest absolute Gasteiger partial charge is 0.835 e. The molecule has 0 saturated heterocycles. The predicted octanol–water partition coefficient (Wildman–Crippen LogP) is 3.28. The van der Waals surface area contributed by atoms with E-state index in [2.05, 4.69) is 42.7 Å². The third-order valence-corrected chi connectivity index (χ3v) is 8.14. The first-order valence-electron chi connectivity index (χ1n) is 8.67. The molecular formula is C16H30CaF6N2OSi2. The van der Waals surface area contributed by atoms with E-state index in [-0.39, 0.29) is 50.7 Å². The first-order chi connectivity index (χ1) is 12.0. The number of hydrogen-bond acceptors (Lipinski definition) is 2. The minimum Gasteiger partial charge on any atom is -0.835 e. The van der Waals surface area contributed by atoms with E-state index in [0.717, 1.165) is 4.90 Å². The van der Waals surface area contributed by atoms with E-state index >= 15 is 0 Å². The summed E-state index contributed by atoms with van der Waals surface area (Å²) in [4.78, 5) is 0.846. The maximum atomic E-state index is 12.5. The Morgan fingerprint density at radius 3 is 1.57 bits per heavy atom. The number of hydrogen-bond donors (Lipinski definition) is 0. The van der Waals surface area contributed by atoms with E-state index in [1.807, 2.05) is 0 Å². The molecule has 3 nitrogen and oxygen atoms in total. The van der Waals surface area contributed by atoms with Gasteiger partial charge in [0.05, 0.1) is 5.60 Å². The monoisotopic (exact) mass is 476 g/mol. The molecule has 0 aromatic carbocycles. The van der Waals surface area contributed by atoms with Crippen LogP contribution in [0.1, 0.15) is 27.2 Å². The van der Waals surface area contributed by atoms with Gasteiger partial charge in [0, 0.05) is 25.6 Å². The summed E-state index contributed by atoms with van der Waals surface area (Å²) in [6, 6.07) is -0.633. The van der Waals surface area contributed by atoms with Gasteiger partial charge in [0.1, 0.15) is 0 Å². The summed E-state index contributed by atoms with van der Waals surface area (Å²) >= 11 is 0. The Labute approximate surface area is 198 Å². The van der Waals surface area contributed by atoms with Crippen LogP contribution in [0.25, 0.3) is 4.65 Å². The normalized spacial score (nSPS) is 12.5. The van der Waals surface area contributed by atoms with E-state index in [0.29, 0.717) is 0 Å². The summed E-state index contributed by atoms with van der Waals surface area (Å²) in [6.45, 7) is 11.6. The average molecular weight is 477 g/mol. The van der Waals surface area contributed by atoms with Crippen molar-refractivity contribution in [2.45, 2.75) is 77.4 Å². The van der Waals surface area contributed by atoms with Crippen LogP contribution in [0.3, 0.4) is 0 Å². The molecule has 0 spiro atoms. The van der Waals surface area contributed by atoms with Gasteiger partial charge < -0.3 is 14.7 Å². The topological polar surface area (TPSA) is 40.4 Å². The van der Waals surface area contributed by atoms with E-state index in [1.165, 1.54) is 20.8 Å². The Morgan fingerprint density at radius 1 is 0.964 bits per heavy atom. The molecular weight excluding hydrogens is 446 g/mol. The van der Waals surface area contributed by atoms with Crippen LogP contribution in [-0.2, 0) is 0 Å². The van der Waals surface area contributed by atoms with Gasteiger partial charge in [-0.05, 0) is 20.8 Å². The van der Waals surface area contributed by atoms with Crippen LogP contribution in [0.2, 0.25) is 26.2 Å². The Bertz CT molecular complexity index is 456. The van der Waals surface area contributed by atoms with Crippen molar-refractivity contribution >= 4 is 55.7 Å². The molecule has 0 saturated carbocycles. The van der Waals surface area contributed by atoms with Crippen LogP contribution < -0.4 is 5.11 Å². The summed E-state index contributed by atoms with van der Waals surface area (Å²) in [7, 11) is -1.08. The van der Waals surface area contributed by atoms with Crippen LogP contribution in [0.15, 0.2) is 0 Å². The first-order valence-corrected chi connectivity index (χ1v) is 14.3. The third kappa shape index (κ3) is 13.1. The van der Waals surface area contributed by atoms with Crippen LogP contribution in [0.5, 0.6) is 0 Å². The molecule has 0 bridgehead atoms. The van der Waals surface area contributed by atoms with Crippen LogP contribution in [-0.4, -0.2) is 97.6 Å². The van der Waals surface area contributed by atoms with Gasteiger partial charge in [0.25, 0.3) is 0 Å². The standard InChI is InChI=1S/C12H16F6NO.C4H14NSi2.Ca/c1-4-5-6-7-19(9(2)3)8-10(20,11(13,14)15)12(16,17)18;1-6(2)5-7(3)4;/h9H,6-8H2,1-3H3;6-7H,1-4H3;/q2*-1;+2. The van der Waals surface area contributed by atoms with E-state index in [4.69, 9.17) is 0 Å². The van der Waals surface area contributed by atoms with Gasteiger partial charge in [-0.1, -0.05) is 44.1 Å². The molecule has 0 unspecified atom stereocenters. The maximum absolute atomic E-state index is 12.5. The van der Waals surface area contributed by atoms with Gasteiger partial charge >= 0.3 is 50.1 Å². The van der Waals surface area contributed by atoms with Crippen LogP contribution in [0, 0.1) is 11.8 Å². The summed E-state index contributed by atoms with van der Waals surface area (Å²) in [5, 5.41) is 11.4. The summed E-state index contributed by atoms with van der Waals surface area (Å²) in [5.74, 6) is 5.03. The Morgan fingerprint density at radius 2 is 1.36 bits per heavy atom. The largest absolute Gasteiger partial charge is 2.00 e. The zero-order chi connectivity index (χ0) is 22.1. The van der Waals surface area contributed by atoms with Gasteiger partial charge in [0.15, 0.2) is 0 Å². The molecule has 0 aliphatic carbocycles. The molecule has 0 radical (unpaired) electrons. The zero-order valence-corrected chi connectivity index (χ0v) is 22.1. The van der Waals surface area contributed by atoms with Crippen LogP contribution >= 0.6 is 0 Å². The molecule has 12 heteroatoms. The van der Waals surface area contributed by atoms with Crippen molar-refractivity contribution in [2.75, 3.05) is 13.1 Å². The Kier molecular flexibility index (Phi) is 17.5. The fourth-order valence-electron chi connectivity index (χ4n) is 2.07. The number of nitrogens with zero attached hydrogens (tertiary/aromatic N) is 2. The molecule has 0 atom stereocenters. The molecule has 0 rings (SSSR count). The van der Waals surface area contributed by atoms with E-state index in [9.17, 15) is 31.4 Å². The van der Waals surface area contributed by atoms with Crippen molar-refractivity contribution in [3.8, 4) is 11.8 Å². The van der Waals surface area contributed by atoms with Gasteiger partial charge in [-0.2, -0.15) is 26.3 Å². The average Bonchev–Trinajstić information content (AvgIpc) is 2.42. The predicted molar refractivity (Wildman–Crippen MR) is 106 cm³/mol. The number of rotatable bonds is 7. The Hall–Kier alpha value is 0.714. The van der Waals surface area contributed by atoms with Gasteiger partial charge in [0.2, 0.25) is 0 Å². The molecule has 28 heavy (non-hydrogen) atoms. The number of halogens is 6. The van der Waals surface area contributed by atoms with Crippen LogP contribution in [0.4, 0.5) is 26.3 Å². The minimum atomic E-state index is -5.91. The SMILES string of the molecule is CC#CCCN(CC([O-])(C(F)(F)F)C(F)(F)F)C(C)C.C[SiH](C)[N-][SiH](C)C.[Ca+2]. The van der Waals surface area contributed by atoms with E-state index < -0.39 is 48.5 Å². The molecule has 0 aliphatic heterocycles. The van der Waals surface area contributed by atoms with Crippen molar-refractivity contribution in [3.63, 3.8) is 0 Å². The molecule has 0 aromatic rings. The fourth-order valence-corrected chi connectivity index (χ4v) is 6.84. The first kappa shape index (κ1) is 33.4. The minimum absolute atomic E-state index is 0. The molecule has 0 aromatic heterocycles. The molecule has 162 valence electrons. The number of alkyl halides is 6. The second kappa shape index (κ2) is 14.7. The zero-order valence-electron chi connectivity index (χ0n) is 17.6. The van der Waals surface area contributed by atoms with E-state index in [1.54, 1.807) is 0 Å². The van der Waals surface area contributed by atoms with Crippen molar-refractivity contribution in [3.05, 3.63) is 4.65 Å². The van der Waals surface area contributed by atoms with Crippen molar-refractivity contribution in [2.24, 2.45) is 0 Å². The van der Waals surface area contributed by atoms with Gasteiger partial charge in [-0.25, -0.2) is 0 Å². The second-order valence-corrected chi connectivity index (χ2v) is 12.5. The van der Waals surface area contributed by atoms with Crippen molar-refractivity contribution in [1.82, 2.24) is 4.90 Å². The molecule has 0 heterocycles. The van der Waals surface area contributed by atoms with Crippen molar-refractivity contribution in [1.29, 1.82) is 0 Å². The molecule has 0 aliphatic rings. The maximum Gasteiger partial charge on any atom is 2.00 e. The summed E-state index contributed by atoms with van der Waals surface area (Å²) < 4.78 is 79.7. The molecule has 0 N–H and O–H groups in total. The fraction of sp³-hybridized carbons (Fsp3) is 0.875. The van der Waals surface area contributed by atoms with Gasteiger partial charge in [-0.15, -0.1) is 11.8 Å². The third-order valence-electron chi connectivity index (χ3n) is 3.37. The summed E-state index contributed by atoms with van der Waals surface area (Å²) in [5.41, 5.74) is -5.00. The molecule has 0 fully saturated rings. The second-order valence-electron chi connectivity index (χ2n) is 6.90. The van der Waals surface area contributed by atoms with Gasteiger partial charge in [-0.3, -0.25) is 0 Å².